The van der Waals surface area contributed by atoms with Crippen LogP contribution in [0.5, 0.6) is 0 Å². The number of sulfonamides is 1. The topological polar surface area (TPSA) is 70.0 Å². The van der Waals surface area contributed by atoms with E-state index in [2.05, 4.69) is 11.6 Å². The highest BCUT2D eigenvalue weighted by atomic mass is 32.2. The minimum absolute atomic E-state index is 0.304. The van der Waals surface area contributed by atoms with Crippen LogP contribution in [0.25, 0.3) is 0 Å². The first-order valence-corrected chi connectivity index (χ1v) is 8.04. The molecule has 0 saturated heterocycles. The summed E-state index contributed by atoms with van der Waals surface area (Å²) in [5.74, 6) is 0. The van der Waals surface area contributed by atoms with Crippen LogP contribution in [0.15, 0.2) is 29.2 Å². The van der Waals surface area contributed by atoms with Gasteiger partial charge in [-0.15, -0.1) is 0 Å². The minimum atomic E-state index is -3.46. The van der Waals surface area contributed by atoms with Gasteiger partial charge in [0.15, 0.2) is 0 Å². The van der Waals surface area contributed by atoms with Gasteiger partial charge in [-0.25, -0.2) is 13.1 Å². The lowest BCUT2D eigenvalue weighted by Crippen LogP contribution is -2.25. The molecule has 0 heterocycles. The van der Waals surface area contributed by atoms with Crippen molar-refractivity contribution in [1.82, 2.24) is 4.72 Å². The summed E-state index contributed by atoms with van der Waals surface area (Å²) in [6.07, 6.45) is 3.67. The summed E-state index contributed by atoms with van der Waals surface area (Å²) in [4.78, 5) is 0.361. The van der Waals surface area contributed by atoms with Gasteiger partial charge in [0.2, 0.25) is 10.0 Å². The molecule has 0 atom stereocenters. The highest BCUT2D eigenvalue weighted by Crippen LogP contribution is 2.17. The molecule has 0 bridgehead atoms. The van der Waals surface area contributed by atoms with E-state index < -0.39 is 10.0 Å². The van der Waals surface area contributed by atoms with Crippen LogP contribution in [-0.2, 0) is 16.4 Å². The summed E-state index contributed by atoms with van der Waals surface area (Å²) in [6.45, 7) is 2.38. The van der Waals surface area contributed by atoms with Gasteiger partial charge in [0.25, 0.3) is 0 Å². The average molecular weight is 280 g/mol. The Morgan fingerprint density at radius 2 is 2.00 bits per heavy atom. The number of rotatable bonds is 8. The maximum absolute atomic E-state index is 12.2. The summed E-state index contributed by atoms with van der Waals surface area (Å²) in [5.41, 5.74) is 0.858. The predicted octanol–water partition coefficient (Wildman–Crippen LogP) is 2.61. The Bertz CT molecular complexity index is 533. The molecule has 0 unspecified atom stereocenters. The van der Waals surface area contributed by atoms with Crippen LogP contribution in [-0.4, -0.2) is 15.0 Å². The zero-order chi connectivity index (χ0) is 14.1. The fraction of sp³-hybridized carbons (Fsp3) is 0.500. The molecule has 0 aliphatic carbocycles. The zero-order valence-corrected chi connectivity index (χ0v) is 12.0. The van der Waals surface area contributed by atoms with Crippen molar-refractivity contribution in [3.05, 3.63) is 29.8 Å². The standard InChI is InChI=1S/C14H20N2O2S/c1-2-3-8-13-9-4-5-10-14(13)19(17,18)16-12-7-6-11-15/h4-5,9-10,16H,2-3,6-8,12H2,1H3. The molecule has 1 rings (SSSR count). The number of unbranched alkanes of at least 4 members (excludes halogenated alkanes) is 2. The van der Waals surface area contributed by atoms with Gasteiger partial charge in [0.05, 0.1) is 11.0 Å². The van der Waals surface area contributed by atoms with E-state index >= 15 is 0 Å². The van der Waals surface area contributed by atoms with Gasteiger partial charge >= 0.3 is 0 Å². The molecule has 0 saturated carbocycles. The van der Waals surface area contributed by atoms with Gasteiger partial charge in [0, 0.05) is 13.0 Å². The summed E-state index contributed by atoms with van der Waals surface area (Å²) >= 11 is 0. The molecule has 1 N–H and O–H groups in total. The Hall–Kier alpha value is -1.38. The van der Waals surface area contributed by atoms with Crippen LogP contribution in [0.1, 0.15) is 38.2 Å². The minimum Gasteiger partial charge on any atom is -0.211 e. The van der Waals surface area contributed by atoms with Crippen molar-refractivity contribution in [2.45, 2.75) is 43.9 Å². The molecule has 0 aliphatic rings. The Morgan fingerprint density at radius 1 is 1.26 bits per heavy atom. The molecule has 0 aliphatic heterocycles. The average Bonchev–Trinajstić information content (AvgIpc) is 2.41. The van der Waals surface area contributed by atoms with Crippen LogP contribution >= 0.6 is 0 Å². The van der Waals surface area contributed by atoms with Gasteiger partial charge in [-0.05, 0) is 30.9 Å². The van der Waals surface area contributed by atoms with E-state index in [9.17, 15) is 8.42 Å². The summed E-state index contributed by atoms with van der Waals surface area (Å²) < 4.78 is 26.9. The number of benzene rings is 1. The van der Waals surface area contributed by atoms with E-state index in [4.69, 9.17) is 5.26 Å². The number of aryl methyl sites for hydroxylation is 1. The Balaban J connectivity index is 2.79. The molecule has 5 heteroatoms. The third kappa shape index (κ3) is 5.01. The number of nitrogens with one attached hydrogen (secondary N) is 1. The lowest BCUT2D eigenvalue weighted by molar-refractivity contribution is 0.578. The lowest BCUT2D eigenvalue weighted by atomic mass is 10.1. The van der Waals surface area contributed by atoms with Crippen molar-refractivity contribution in [3.63, 3.8) is 0 Å². The van der Waals surface area contributed by atoms with Crippen LogP contribution < -0.4 is 4.72 Å². The summed E-state index contributed by atoms with van der Waals surface area (Å²) in [6, 6.07) is 9.09. The molecule has 0 amide bonds. The Morgan fingerprint density at radius 3 is 2.68 bits per heavy atom. The second-order valence-corrected chi connectivity index (χ2v) is 6.11. The van der Waals surface area contributed by atoms with E-state index in [1.165, 1.54) is 0 Å². The molecule has 0 fully saturated rings. The molecule has 4 nitrogen and oxygen atoms in total. The van der Waals surface area contributed by atoms with Crippen molar-refractivity contribution in [2.24, 2.45) is 0 Å². The largest absolute Gasteiger partial charge is 0.240 e. The molecular weight excluding hydrogens is 260 g/mol. The molecular formula is C14H20N2O2S. The molecule has 0 aromatic heterocycles. The van der Waals surface area contributed by atoms with Crippen molar-refractivity contribution in [3.8, 4) is 6.07 Å². The molecule has 1 aromatic rings. The maximum Gasteiger partial charge on any atom is 0.240 e. The van der Waals surface area contributed by atoms with Crippen molar-refractivity contribution >= 4 is 10.0 Å². The highest BCUT2D eigenvalue weighted by molar-refractivity contribution is 7.89. The SMILES string of the molecule is CCCCc1ccccc1S(=O)(=O)NCCCC#N. The first kappa shape index (κ1) is 15.7. The molecule has 19 heavy (non-hydrogen) atoms. The van der Waals surface area contributed by atoms with Crippen LogP contribution in [0.4, 0.5) is 0 Å². The number of nitrogens with zero attached hydrogens (tertiary/aromatic N) is 1. The van der Waals surface area contributed by atoms with Crippen molar-refractivity contribution in [2.75, 3.05) is 6.54 Å². The third-order valence-electron chi connectivity index (χ3n) is 2.82. The molecule has 104 valence electrons. The lowest BCUT2D eigenvalue weighted by Gasteiger charge is -2.10. The summed E-state index contributed by atoms with van der Waals surface area (Å²) in [7, 11) is -3.46. The van der Waals surface area contributed by atoms with E-state index in [0.29, 0.717) is 24.3 Å². The van der Waals surface area contributed by atoms with E-state index in [0.717, 1.165) is 24.8 Å². The highest BCUT2D eigenvalue weighted by Gasteiger charge is 2.16. The fourth-order valence-corrected chi connectivity index (χ4v) is 3.13. The van der Waals surface area contributed by atoms with Crippen LogP contribution in [0, 0.1) is 11.3 Å². The van der Waals surface area contributed by atoms with E-state index in [1.54, 1.807) is 12.1 Å². The fourth-order valence-electron chi connectivity index (χ4n) is 1.79. The second-order valence-electron chi connectivity index (χ2n) is 4.37. The number of hydrogen-bond acceptors (Lipinski definition) is 3. The van der Waals surface area contributed by atoms with E-state index in [1.807, 2.05) is 18.2 Å². The normalized spacial score (nSPS) is 11.2. The van der Waals surface area contributed by atoms with E-state index in [-0.39, 0.29) is 0 Å². The first-order valence-electron chi connectivity index (χ1n) is 6.56. The smallest absolute Gasteiger partial charge is 0.211 e. The van der Waals surface area contributed by atoms with Gasteiger partial charge in [0.1, 0.15) is 0 Å². The van der Waals surface area contributed by atoms with Gasteiger partial charge in [-0.3, -0.25) is 0 Å². The number of hydrogen-bond donors (Lipinski definition) is 1. The molecule has 0 radical (unpaired) electrons. The Kier molecular flexibility index (Phi) is 6.54. The van der Waals surface area contributed by atoms with Gasteiger partial charge in [-0.1, -0.05) is 31.5 Å². The first-order chi connectivity index (χ1) is 9.11. The van der Waals surface area contributed by atoms with Crippen molar-refractivity contribution in [1.29, 1.82) is 5.26 Å². The summed E-state index contributed by atoms with van der Waals surface area (Å²) in [5, 5.41) is 8.43. The van der Waals surface area contributed by atoms with Crippen LogP contribution in [0.2, 0.25) is 0 Å². The quantitative estimate of drug-likeness (QED) is 0.744. The zero-order valence-electron chi connectivity index (χ0n) is 11.2. The van der Waals surface area contributed by atoms with Crippen LogP contribution in [0.3, 0.4) is 0 Å². The second kappa shape index (κ2) is 7.93. The molecule has 0 spiro atoms. The van der Waals surface area contributed by atoms with Crippen molar-refractivity contribution < 1.29 is 8.42 Å². The molecule has 1 aromatic carbocycles. The maximum atomic E-state index is 12.2. The monoisotopic (exact) mass is 280 g/mol. The van der Waals surface area contributed by atoms with Gasteiger partial charge in [-0.2, -0.15) is 5.26 Å². The Labute approximate surface area is 115 Å². The number of nitriles is 1. The third-order valence-corrected chi connectivity index (χ3v) is 4.38. The predicted molar refractivity (Wildman–Crippen MR) is 75.1 cm³/mol. The van der Waals surface area contributed by atoms with Gasteiger partial charge < -0.3 is 0 Å².